The molecule has 6 nitrogen and oxygen atoms in total. The Labute approximate surface area is 149 Å². The van der Waals surface area contributed by atoms with Gasteiger partial charge in [0.2, 0.25) is 0 Å². The van der Waals surface area contributed by atoms with Crippen LogP contribution < -0.4 is 4.74 Å². The van der Waals surface area contributed by atoms with Crippen LogP contribution in [-0.2, 0) is 0 Å². The van der Waals surface area contributed by atoms with Crippen LogP contribution >= 0.6 is 0 Å². The van der Waals surface area contributed by atoms with Crippen molar-refractivity contribution >= 4 is 17.3 Å². The molecule has 0 spiro atoms. The van der Waals surface area contributed by atoms with Gasteiger partial charge in [0.1, 0.15) is 11.9 Å². The number of ketones is 3. The zero-order valence-electron chi connectivity index (χ0n) is 14.2. The van der Waals surface area contributed by atoms with E-state index in [0.717, 1.165) is 0 Å². The predicted molar refractivity (Wildman–Crippen MR) is 90.8 cm³/mol. The van der Waals surface area contributed by atoms with Crippen molar-refractivity contribution in [3.63, 3.8) is 0 Å². The van der Waals surface area contributed by atoms with Crippen LogP contribution in [0.4, 0.5) is 0 Å². The van der Waals surface area contributed by atoms with E-state index in [9.17, 15) is 24.6 Å². The molecule has 132 valence electrons. The van der Waals surface area contributed by atoms with Crippen LogP contribution in [0.1, 0.15) is 67.2 Å². The number of aliphatic hydroxyl groups excluding tert-OH is 1. The van der Waals surface area contributed by atoms with Gasteiger partial charge < -0.3 is 14.9 Å². The molecule has 0 saturated heterocycles. The Morgan fingerprint density at radius 1 is 1.00 bits per heavy atom. The highest BCUT2D eigenvalue weighted by Gasteiger charge is 2.45. The van der Waals surface area contributed by atoms with Crippen LogP contribution in [-0.4, -0.2) is 40.3 Å². The summed E-state index contributed by atoms with van der Waals surface area (Å²) < 4.78 is 5.21. The van der Waals surface area contributed by atoms with E-state index >= 15 is 0 Å². The zero-order chi connectivity index (χ0) is 18.8. The Balaban J connectivity index is 2.02. The van der Waals surface area contributed by atoms with Gasteiger partial charge in [-0.1, -0.05) is 18.2 Å². The molecule has 26 heavy (non-hydrogen) atoms. The van der Waals surface area contributed by atoms with Gasteiger partial charge in [0.15, 0.2) is 17.3 Å². The highest BCUT2D eigenvalue weighted by atomic mass is 16.5. The van der Waals surface area contributed by atoms with Crippen LogP contribution in [0.15, 0.2) is 30.3 Å². The monoisotopic (exact) mass is 352 g/mol. The Hall–Kier alpha value is -2.83. The molecule has 2 aliphatic carbocycles. The fourth-order valence-electron chi connectivity index (χ4n) is 3.81. The Morgan fingerprint density at radius 3 is 2.35 bits per heavy atom. The number of benzene rings is 2. The largest absolute Gasteiger partial charge is 0.496 e. The van der Waals surface area contributed by atoms with Crippen molar-refractivity contribution in [3.05, 3.63) is 63.7 Å². The number of Topliss-reactive ketones (excluding diaryl/α,β-unsaturated/α-hetero) is 1. The maximum absolute atomic E-state index is 13.1. The first kappa shape index (κ1) is 16.6. The van der Waals surface area contributed by atoms with Crippen molar-refractivity contribution in [3.8, 4) is 5.75 Å². The molecule has 2 aromatic carbocycles. The van der Waals surface area contributed by atoms with Gasteiger partial charge in [-0.3, -0.25) is 14.4 Å². The summed E-state index contributed by atoms with van der Waals surface area (Å²) in [5, 5.41) is 20.7. The lowest BCUT2D eigenvalue weighted by molar-refractivity contribution is -0.0675. The summed E-state index contributed by atoms with van der Waals surface area (Å²) in [6.45, 7) is 1.37. The summed E-state index contributed by atoms with van der Waals surface area (Å²) in [5.41, 5.74) is -1.01. The molecular weight excluding hydrogens is 336 g/mol. The topological polar surface area (TPSA) is 101 Å². The van der Waals surface area contributed by atoms with Crippen molar-refractivity contribution < 1.29 is 29.3 Å². The average Bonchev–Trinajstić information content (AvgIpc) is 2.62. The lowest BCUT2D eigenvalue weighted by atomic mass is 9.72. The first-order valence-corrected chi connectivity index (χ1v) is 8.15. The zero-order valence-corrected chi connectivity index (χ0v) is 14.2. The Bertz CT molecular complexity index is 1000. The van der Waals surface area contributed by atoms with Crippen molar-refractivity contribution in [2.45, 2.75) is 25.0 Å². The van der Waals surface area contributed by atoms with Crippen molar-refractivity contribution in [2.75, 3.05) is 7.11 Å². The maximum Gasteiger partial charge on any atom is 0.198 e. The predicted octanol–water partition coefficient (Wildman–Crippen LogP) is 1.84. The molecule has 2 atom stereocenters. The highest BCUT2D eigenvalue weighted by Crippen LogP contribution is 2.42. The van der Waals surface area contributed by atoms with E-state index in [-0.39, 0.29) is 39.8 Å². The standard InChI is InChI=1S/C20H16O6/c1-20(25)8-12(21)14-11(19(20)24)7-6-10-16(14)18(23)9-4-3-5-13(26-2)15(9)17(10)22/h3-7,19,24-25H,8H2,1-2H3/t19?,20-/m0/s1. The molecule has 0 fully saturated rings. The molecular formula is C20H16O6. The van der Waals surface area contributed by atoms with E-state index in [1.165, 1.54) is 32.2 Å². The fraction of sp³-hybridized carbons (Fsp3) is 0.250. The molecule has 0 amide bonds. The van der Waals surface area contributed by atoms with Gasteiger partial charge in [-0.15, -0.1) is 0 Å². The SMILES string of the molecule is COc1cccc2c1C(=O)c1ccc3c(c1C2=O)C(=O)C[C@](C)(O)C3O. The number of methoxy groups -OCH3 is 1. The molecule has 2 aromatic rings. The van der Waals surface area contributed by atoms with E-state index in [1.54, 1.807) is 12.1 Å². The second-order valence-corrected chi connectivity index (χ2v) is 6.85. The van der Waals surface area contributed by atoms with Crippen LogP contribution in [0.25, 0.3) is 0 Å². The first-order chi connectivity index (χ1) is 12.3. The van der Waals surface area contributed by atoms with Crippen LogP contribution in [0.2, 0.25) is 0 Å². The number of ether oxygens (including phenoxy) is 1. The molecule has 0 saturated carbocycles. The van der Waals surface area contributed by atoms with Gasteiger partial charge in [0.05, 0.1) is 18.3 Å². The fourth-order valence-corrected chi connectivity index (χ4v) is 3.81. The number of hydrogen-bond acceptors (Lipinski definition) is 6. The Morgan fingerprint density at radius 2 is 1.65 bits per heavy atom. The van der Waals surface area contributed by atoms with Crippen LogP contribution in [0.3, 0.4) is 0 Å². The highest BCUT2D eigenvalue weighted by molar-refractivity contribution is 6.32. The number of fused-ring (bicyclic) bond motifs is 4. The normalized spacial score (nSPS) is 24.0. The van der Waals surface area contributed by atoms with Crippen molar-refractivity contribution in [2.24, 2.45) is 0 Å². The molecule has 6 heteroatoms. The Kier molecular flexibility index (Phi) is 3.41. The lowest BCUT2D eigenvalue weighted by Crippen LogP contribution is -2.41. The van der Waals surface area contributed by atoms with E-state index in [2.05, 4.69) is 0 Å². The molecule has 0 aliphatic heterocycles. The first-order valence-electron chi connectivity index (χ1n) is 8.15. The number of carbonyl (C=O) groups excluding carboxylic acids is 3. The summed E-state index contributed by atoms with van der Waals surface area (Å²) in [4.78, 5) is 38.7. The van der Waals surface area contributed by atoms with Crippen LogP contribution in [0.5, 0.6) is 5.75 Å². The average molecular weight is 352 g/mol. The minimum absolute atomic E-state index is 0.00666. The minimum Gasteiger partial charge on any atom is -0.496 e. The third kappa shape index (κ3) is 2.03. The van der Waals surface area contributed by atoms with E-state index < -0.39 is 29.1 Å². The second-order valence-electron chi connectivity index (χ2n) is 6.85. The molecule has 0 bridgehead atoms. The third-order valence-corrected chi connectivity index (χ3v) is 5.11. The van der Waals surface area contributed by atoms with E-state index in [4.69, 9.17) is 4.74 Å². The van der Waals surface area contributed by atoms with Crippen molar-refractivity contribution in [1.29, 1.82) is 0 Å². The number of hydrogen-bond donors (Lipinski definition) is 2. The number of rotatable bonds is 1. The molecule has 2 aliphatic rings. The van der Waals surface area contributed by atoms with Gasteiger partial charge in [0.25, 0.3) is 0 Å². The molecule has 4 rings (SSSR count). The third-order valence-electron chi connectivity index (χ3n) is 5.11. The van der Waals surface area contributed by atoms with Gasteiger partial charge >= 0.3 is 0 Å². The summed E-state index contributed by atoms with van der Waals surface area (Å²) in [5.74, 6) is -1.06. The number of carbonyl (C=O) groups is 3. The second kappa shape index (κ2) is 5.33. The molecule has 1 unspecified atom stereocenters. The van der Waals surface area contributed by atoms with Gasteiger partial charge in [0, 0.05) is 28.7 Å². The smallest absolute Gasteiger partial charge is 0.198 e. The molecule has 0 radical (unpaired) electrons. The number of aliphatic hydroxyl groups is 2. The van der Waals surface area contributed by atoms with Gasteiger partial charge in [-0.25, -0.2) is 0 Å². The maximum atomic E-state index is 13.1. The quantitative estimate of drug-likeness (QED) is 0.693. The van der Waals surface area contributed by atoms with Crippen molar-refractivity contribution in [1.82, 2.24) is 0 Å². The summed E-state index contributed by atoms with van der Waals surface area (Å²) in [6.07, 6.45) is -1.65. The van der Waals surface area contributed by atoms with Gasteiger partial charge in [-0.2, -0.15) is 0 Å². The summed E-state index contributed by atoms with van der Waals surface area (Å²) in [6, 6.07) is 7.56. The van der Waals surface area contributed by atoms with E-state index in [1.807, 2.05) is 0 Å². The minimum atomic E-state index is -1.62. The lowest BCUT2D eigenvalue weighted by Gasteiger charge is -2.36. The van der Waals surface area contributed by atoms with Crippen LogP contribution in [0, 0.1) is 0 Å². The summed E-state index contributed by atoms with van der Waals surface area (Å²) >= 11 is 0. The van der Waals surface area contributed by atoms with E-state index in [0.29, 0.717) is 5.75 Å². The van der Waals surface area contributed by atoms with Gasteiger partial charge in [-0.05, 0) is 24.6 Å². The summed E-state index contributed by atoms with van der Waals surface area (Å²) in [7, 11) is 1.41. The molecule has 0 aromatic heterocycles. The molecule has 2 N–H and O–H groups in total. The molecule has 0 heterocycles.